The minimum Gasteiger partial charge on any atom is -0.392 e. The zero-order valence-corrected chi connectivity index (χ0v) is 16.6. The number of carbonyl (C=O) groups is 1. The number of amides is 1. The molecule has 3 rings (SSSR count). The fourth-order valence-electron chi connectivity index (χ4n) is 2.88. The quantitative estimate of drug-likeness (QED) is 0.800. The summed E-state index contributed by atoms with van der Waals surface area (Å²) in [5.41, 5.74) is 2.14. The van der Waals surface area contributed by atoms with Crippen LogP contribution in [0.5, 0.6) is 0 Å². The van der Waals surface area contributed by atoms with Crippen LogP contribution in [0.15, 0.2) is 43.0 Å². The van der Waals surface area contributed by atoms with Crippen LogP contribution in [0, 0.1) is 0 Å². The van der Waals surface area contributed by atoms with Crippen LogP contribution in [0.3, 0.4) is 0 Å². The normalized spacial score (nSPS) is 15.1. The summed E-state index contributed by atoms with van der Waals surface area (Å²) in [5.74, 6) is 0.143. The molecule has 1 N–H and O–H groups in total. The number of benzene rings is 1. The fourth-order valence-corrected chi connectivity index (χ4v) is 2.88. The van der Waals surface area contributed by atoms with Crippen molar-refractivity contribution in [1.29, 1.82) is 0 Å². The number of nitrogens with zero attached hydrogens (tertiary/aromatic N) is 4. The predicted octanol–water partition coefficient (Wildman–Crippen LogP) is 0.717. The minimum atomic E-state index is 0. The summed E-state index contributed by atoms with van der Waals surface area (Å²) in [6.45, 7) is 4.55. The molecule has 1 aromatic heterocycles. The van der Waals surface area contributed by atoms with E-state index >= 15 is 0 Å². The van der Waals surface area contributed by atoms with Crippen LogP contribution in [0.2, 0.25) is 0 Å². The average Bonchev–Trinajstić information content (AvgIpc) is 3.08. The van der Waals surface area contributed by atoms with Gasteiger partial charge in [-0.15, -0.1) is 0 Å². The van der Waals surface area contributed by atoms with Crippen LogP contribution in [0.25, 0.3) is 0 Å². The fraction of sp³-hybridized carbons (Fsp3) is 0.412. The second kappa shape index (κ2) is 9.42. The van der Waals surface area contributed by atoms with Crippen molar-refractivity contribution in [3.05, 3.63) is 54.1 Å². The SMILES string of the molecule is O=C(Cn1ccnc1)N1CCN(Cc2cccc(CO)c2)CC1.[Y]. The van der Waals surface area contributed by atoms with Crippen molar-refractivity contribution in [1.82, 2.24) is 19.4 Å². The third-order valence-corrected chi connectivity index (χ3v) is 4.18. The molecular formula is C17H22N4O2Y. The topological polar surface area (TPSA) is 61.6 Å². The summed E-state index contributed by atoms with van der Waals surface area (Å²) in [6.07, 6.45) is 5.16. The van der Waals surface area contributed by atoms with Crippen LogP contribution < -0.4 is 0 Å². The molecule has 24 heavy (non-hydrogen) atoms. The summed E-state index contributed by atoms with van der Waals surface area (Å²) < 4.78 is 1.80. The van der Waals surface area contributed by atoms with Crippen LogP contribution in [-0.2, 0) is 57.2 Å². The van der Waals surface area contributed by atoms with E-state index in [0.717, 1.165) is 38.3 Å². The number of aliphatic hydroxyl groups excluding tert-OH is 1. The maximum absolute atomic E-state index is 12.2. The van der Waals surface area contributed by atoms with Crippen molar-refractivity contribution < 1.29 is 42.6 Å². The maximum atomic E-state index is 12.2. The first kappa shape index (κ1) is 19.3. The van der Waals surface area contributed by atoms with Gasteiger partial charge in [0.15, 0.2) is 0 Å². The Morgan fingerprint density at radius 3 is 2.58 bits per heavy atom. The van der Waals surface area contributed by atoms with E-state index in [-0.39, 0.29) is 45.2 Å². The van der Waals surface area contributed by atoms with Gasteiger partial charge in [-0.05, 0) is 11.1 Å². The third kappa shape index (κ3) is 5.21. The van der Waals surface area contributed by atoms with Gasteiger partial charge in [0.05, 0.1) is 12.9 Å². The van der Waals surface area contributed by atoms with E-state index in [4.69, 9.17) is 0 Å². The van der Waals surface area contributed by atoms with E-state index in [1.807, 2.05) is 29.3 Å². The van der Waals surface area contributed by atoms with E-state index in [1.54, 1.807) is 17.1 Å². The van der Waals surface area contributed by atoms with E-state index in [9.17, 15) is 9.90 Å². The second-order valence-electron chi connectivity index (χ2n) is 5.87. The number of aromatic nitrogens is 2. The first-order chi connectivity index (χ1) is 11.2. The van der Waals surface area contributed by atoms with Crippen molar-refractivity contribution in [2.24, 2.45) is 0 Å². The van der Waals surface area contributed by atoms with Gasteiger partial charge in [0.2, 0.25) is 5.91 Å². The molecule has 0 saturated carbocycles. The molecule has 0 bridgehead atoms. The average molecular weight is 403 g/mol. The molecule has 6 nitrogen and oxygen atoms in total. The second-order valence-corrected chi connectivity index (χ2v) is 5.87. The van der Waals surface area contributed by atoms with Crippen molar-refractivity contribution in [3.8, 4) is 0 Å². The van der Waals surface area contributed by atoms with Crippen LogP contribution in [0.4, 0.5) is 0 Å². The van der Waals surface area contributed by atoms with E-state index in [1.165, 1.54) is 5.56 Å². The standard InChI is InChI=1S/C17H22N4O2.Y/c22-13-16-3-1-2-15(10-16)11-19-6-8-21(9-7-19)17(23)12-20-5-4-18-14-20;/h1-5,10,14,22H,6-9,11-13H2;. The number of hydrogen-bond donors (Lipinski definition) is 1. The van der Waals surface area contributed by atoms with Gasteiger partial charge in [0.1, 0.15) is 6.54 Å². The molecule has 0 aliphatic carbocycles. The molecule has 1 radical (unpaired) electrons. The van der Waals surface area contributed by atoms with Crippen LogP contribution in [0.1, 0.15) is 11.1 Å². The Bertz CT molecular complexity index is 640. The number of hydrogen-bond acceptors (Lipinski definition) is 4. The number of imidazole rings is 1. The molecule has 0 atom stereocenters. The zero-order valence-electron chi connectivity index (χ0n) is 13.7. The number of carbonyl (C=O) groups excluding carboxylic acids is 1. The van der Waals surface area contributed by atoms with Gasteiger partial charge in [-0.25, -0.2) is 4.98 Å². The molecule has 1 aliphatic rings. The molecule has 2 heterocycles. The summed E-state index contributed by atoms with van der Waals surface area (Å²) in [6, 6.07) is 8.02. The smallest absolute Gasteiger partial charge is 0.242 e. The van der Waals surface area contributed by atoms with Crippen LogP contribution in [-0.4, -0.2) is 56.5 Å². The van der Waals surface area contributed by atoms with Crippen molar-refractivity contribution in [3.63, 3.8) is 0 Å². The Kier molecular flexibility index (Phi) is 7.55. The number of rotatable bonds is 5. The molecule has 0 unspecified atom stereocenters. The molecule has 1 fully saturated rings. The van der Waals surface area contributed by atoms with Crippen LogP contribution >= 0.6 is 0 Å². The Labute approximate surface area is 167 Å². The summed E-state index contributed by atoms with van der Waals surface area (Å²) in [5, 5.41) is 9.21. The summed E-state index contributed by atoms with van der Waals surface area (Å²) in [7, 11) is 0. The number of aliphatic hydroxyl groups is 1. The maximum Gasteiger partial charge on any atom is 0.242 e. The van der Waals surface area contributed by atoms with E-state index in [0.29, 0.717) is 6.54 Å². The first-order valence-corrected chi connectivity index (χ1v) is 7.89. The van der Waals surface area contributed by atoms with Gasteiger partial charge in [-0.1, -0.05) is 24.3 Å². The van der Waals surface area contributed by atoms with Gasteiger partial charge in [-0.2, -0.15) is 0 Å². The van der Waals surface area contributed by atoms with Gasteiger partial charge < -0.3 is 14.6 Å². The molecule has 1 amide bonds. The largest absolute Gasteiger partial charge is 0.392 e. The summed E-state index contributed by atoms with van der Waals surface area (Å²) >= 11 is 0. The summed E-state index contributed by atoms with van der Waals surface area (Å²) in [4.78, 5) is 20.5. The molecule has 125 valence electrons. The predicted molar refractivity (Wildman–Crippen MR) is 86.4 cm³/mol. The van der Waals surface area contributed by atoms with Gasteiger partial charge >= 0.3 is 0 Å². The first-order valence-electron chi connectivity index (χ1n) is 7.89. The number of piperazine rings is 1. The van der Waals surface area contributed by atoms with Crippen molar-refractivity contribution in [2.75, 3.05) is 26.2 Å². The molecule has 1 aliphatic heterocycles. The molecule has 2 aromatic rings. The molecule has 1 aromatic carbocycles. The Balaban J connectivity index is 0.00000208. The van der Waals surface area contributed by atoms with E-state index < -0.39 is 0 Å². The minimum absolute atomic E-state index is 0. The van der Waals surface area contributed by atoms with Gasteiger partial charge in [-0.3, -0.25) is 9.69 Å². The van der Waals surface area contributed by atoms with Crippen molar-refractivity contribution in [2.45, 2.75) is 19.7 Å². The van der Waals surface area contributed by atoms with E-state index in [2.05, 4.69) is 16.0 Å². The van der Waals surface area contributed by atoms with Gasteiger partial charge in [0, 0.05) is 77.8 Å². The molecule has 1 saturated heterocycles. The Morgan fingerprint density at radius 2 is 1.92 bits per heavy atom. The van der Waals surface area contributed by atoms with Crippen molar-refractivity contribution >= 4 is 5.91 Å². The molecule has 7 heteroatoms. The zero-order chi connectivity index (χ0) is 16.1. The molecule has 0 spiro atoms. The monoisotopic (exact) mass is 403 g/mol. The Hall–Kier alpha value is -1.08. The Morgan fingerprint density at radius 1 is 1.17 bits per heavy atom. The molecular weight excluding hydrogens is 381 g/mol. The van der Waals surface area contributed by atoms with Gasteiger partial charge in [0.25, 0.3) is 0 Å². The third-order valence-electron chi connectivity index (χ3n) is 4.18.